The average Bonchev–Trinajstić information content (AvgIpc) is 2.04. The minimum absolute atomic E-state index is 0. The molecule has 0 atom stereocenters. The monoisotopic (exact) mass is 168 g/mol. The second-order valence-electron chi connectivity index (χ2n) is 1.72. The van der Waals surface area contributed by atoms with E-state index in [4.69, 9.17) is 5.21 Å². The molecule has 4 nitrogen and oxygen atoms in total. The first-order chi connectivity index (χ1) is 4.88. The SMILES string of the molecule is O=Nc1ccccc1NO.[AlH3]. The molecule has 0 bridgehead atoms. The smallest absolute Gasteiger partial charge is 0.187 e. The number of hydrogen-bond donors (Lipinski definition) is 2. The van der Waals surface area contributed by atoms with Gasteiger partial charge in [0.25, 0.3) is 0 Å². The van der Waals surface area contributed by atoms with Gasteiger partial charge in [-0.1, -0.05) is 12.1 Å². The molecular formula is C6H9AlN2O2. The van der Waals surface area contributed by atoms with E-state index in [1.54, 1.807) is 18.2 Å². The fourth-order valence-electron chi connectivity index (χ4n) is 0.648. The number of anilines is 1. The molecule has 0 saturated carbocycles. The minimum Gasteiger partial charge on any atom is -0.291 e. The lowest BCUT2D eigenvalue weighted by molar-refractivity contribution is 0.389. The summed E-state index contributed by atoms with van der Waals surface area (Å²) in [4.78, 5) is 9.99. The molecule has 0 aliphatic rings. The van der Waals surface area contributed by atoms with E-state index in [1.165, 1.54) is 6.07 Å². The van der Waals surface area contributed by atoms with Gasteiger partial charge in [-0.25, -0.2) is 0 Å². The first-order valence-corrected chi connectivity index (χ1v) is 2.71. The van der Waals surface area contributed by atoms with E-state index in [-0.39, 0.29) is 23.0 Å². The van der Waals surface area contributed by atoms with Crippen molar-refractivity contribution in [2.45, 2.75) is 0 Å². The Hall–Kier alpha value is -0.888. The lowest BCUT2D eigenvalue weighted by Gasteiger charge is -1.97. The first-order valence-electron chi connectivity index (χ1n) is 2.71. The summed E-state index contributed by atoms with van der Waals surface area (Å²) in [7, 11) is 0. The van der Waals surface area contributed by atoms with Crippen molar-refractivity contribution in [3.05, 3.63) is 29.2 Å². The Morgan fingerprint density at radius 1 is 1.36 bits per heavy atom. The number of nitrogens with one attached hydrogen (secondary N) is 1. The molecule has 58 valence electrons. The Morgan fingerprint density at radius 3 is 2.45 bits per heavy atom. The van der Waals surface area contributed by atoms with Crippen molar-refractivity contribution in [1.82, 2.24) is 0 Å². The fourth-order valence-corrected chi connectivity index (χ4v) is 0.648. The van der Waals surface area contributed by atoms with Crippen LogP contribution < -0.4 is 5.48 Å². The molecule has 1 aromatic carbocycles. The molecule has 2 N–H and O–H groups in total. The van der Waals surface area contributed by atoms with Crippen LogP contribution in [-0.4, -0.2) is 22.6 Å². The number of nitroso groups, excluding NO2 is 1. The van der Waals surface area contributed by atoms with Gasteiger partial charge in [0.1, 0.15) is 5.69 Å². The molecule has 0 aromatic heterocycles. The first kappa shape index (κ1) is 10.1. The number of nitrogens with zero attached hydrogens (tertiary/aromatic N) is 1. The summed E-state index contributed by atoms with van der Waals surface area (Å²) < 4.78 is 0. The van der Waals surface area contributed by atoms with E-state index >= 15 is 0 Å². The van der Waals surface area contributed by atoms with Crippen molar-refractivity contribution in [3.63, 3.8) is 0 Å². The lowest BCUT2D eigenvalue weighted by Crippen LogP contribution is -1.87. The van der Waals surface area contributed by atoms with Crippen molar-refractivity contribution in [2.24, 2.45) is 5.18 Å². The normalized spacial score (nSPS) is 8.09. The molecular weight excluding hydrogens is 159 g/mol. The molecule has 0 saturated heterocycles. The van der Waals surface area contributed by atoms with E-state index < -0.39 is 0 Å². The van der Waals surface area contributed by atoms with Crippen LogP contribution in [-0.2, 0) is 0 Å². The van der Waals surface area contributed by atoms with Gasteiger partial charge in [0.15, 0.2) is 17.4 Å². The van der Waals surface area contributed by atoms with Crippen LogP contribution in [0.3, 0.4) is 0 Å². The van der Waals surface area contributed by atoms with E-state index in [0.29, 0.717) is 5.69 Å². The number of hydrogen-bond acceptors (Lipinski definition) is 4. The van der Waals surface area contributed by atoms with E-state index in [2.05, 4.69) is 5.18 Å². The maximum Gasteiger partial charge on any atom is 0.187 e. The predicted octanol–water partition coefficient (Wildman–Crippen LogP) is 0.702. The summed E-state index contributed by atoms with van der Waals surface area (Å²) in [6.45, 7) is 0. The zero-order valence-corrected chi connectivity index (χ0v) is 5.11. The largest absolute Gasteiger partial charge is 0.291 e. The molecule has 0 fully saturated rings. The van der Waals surface area contributed by atoms with Gasteiger partial charge < -0.3 is 0 Å². The van der Waals surface area contributed by atoms with Crippen molar-refractivity contribution >= 4 is 28.7 Å². The van der Waals surface area contributed by atoms with Gasteiger partial charge in [0, 0.05) is 0 Å². The summed E-state index contributed by atoms with van der Waals surface area (Å²) >= 11 is 0. The quantitative estimate of drug-likeness (QED) is 0.388. The van der Waals surface area contributed by atoms with Crippen LogP contribution >= 0.6 is 0 Å². The van der Waals surface area contributed by atoms with Crippen molar-refractivity contribution in [1.29, 1.82) is 0 Å². The van der Waals surface area contributed by atoms with Gasteiger partial charge in [-0.15, -0.1) is 4.91 Å². The van der Waals surface area contributed by atoms with Gasteiger partial charge in [-0.3, -0.25) is 10.7 Å². The molecule has 0 aliphatic carbocycles. The summed E-state index contributed by atoms with van der Waals surface area (Å²) in [5.41, 5.74) is 2.37. The van der Waals surface area contributed by atoms with Crippen LogP contribution in [0.1, 0.15) is 0 Å². The molecule has 0 radical (unpaired) electrons. The number of para-hydroxylation sites is 1. The predicted molar refractivity (Wildman–Crippen MR) is 47.2 cm³/mol. The van der Waals surface area contributed by atoms with E-state index in [9.17, 15) is 4.91 Å². The van der Waals surface area contributed by atoms with Crippen LogP contribution in [0.2, 0.25) is 0 Å². The molecule has 0 amide bonds. The van der Waals surface area contributed by atoms with Crippen LogP contribution in [0, 0.1) is 4.91 Å². The maximum absolute atomic E-state index is 9.99. The van der Waals surface area contributed by atoms with Crippen molar-refractivity contribution < 1.29 is 5.21 Å². The van der Waals surface area contributed by atoms with Crippen LogP contribution in [0.15, 0.2) is 29.4 Å². The summed E-state index contributed by atoms with van der Waals surface area (Å²) in [5, 5.41) is 11.1. The molecule has 1 aromatic rings. The van der Waals surface area contributed by atoms with Gasteiger partial charge >= 0.3 is 0 Å². The standard InChI is InChI=1S/C6H6N2O2.Al.3H/c9-7-5-3-1-2-4-6(5)8-10;;;;/h1-4,7,9H;;;;. The highest BCUT2D eigenvalue weighted by atomic mass is 27.0. The molecule has 0 spiro atoms. The van der Waals surface area contributed by atoms with Crippen molar-refractivity contribution in [3.8, 4) is 0 Å². The Morgan fingerprint density at radius 2 is 2.00 bits per heavy atom. The molecule has 11 heavy (non-hydrogen) atoms. The zero-order chi connectivity index (χ0) is 7.40. The van der Waals surface area contributed by atoms with Gasteiger partial charge in [-0.2, -0.15) is 0 Å². The second-order valence-corrected chi connectivity index (χ2v) is 1.72. The molecule has 0 heterocycles. The number of benzene rings is 1. The van der Waals surface area contributed by atoms with Crippen LogP contribution in [0.25, 0.3) is 0 Å². The van der Waals surface area contributed by atoms with Crippen LogP contribution in [0.4, 0.5) is 11.4 Å². The third-order valence-corrected chi connectivity index (χ3v) is 1.12. The van der Waals surface area contributed by atoms with Gasteiger partial charge in [0.2, 0.25) is 0 Å². The lowest BCUT2D eigenvalue weighted by atomic mass is 10.3. The second kappa shape index (κ2) is 4.86. The average molecular weight is 168 g/mol. The molecule has 5 heteroatoms. The number of rotatable bonds is 2. The van der Waals surface area contributed by atoms with Crippen molar-refractivity contribution in [2.75, 3.05) is 5.48 Å². The van der Waals surface area contributed by atoms with Gasteiger partial charge in [-0.05, 0) is 17.3 Å². The fraction of sp³-hybridized carbons (Fsp3) is 0. The highest BCUT2D eigenvalue weighted by Gasteiger charge is 1.96. The Bertz CT molecular complexity index is 242. The molecule has 0 unspecified atom stereocenters. The van der Waals surface area contributed by atoms with Gasteiger partial charge in [0.05, 0.1) is 5.69 Å². The van der Waals surface area contributed by atoms with Crippen LogP contribution in [0.5, 0.6) is 0 Å². The van der Waals surface area contributed by atoms with E-state index in [0.717, 1.165) is 0 Å². The highest BCUT2D eigenvalue weighted by molar-refractivity contribution is 5.75. The Balaban J connectivity index is 0.000001000. The minimum atomic E-state index is 0. The highest BCUT2D eigenvalue weighted by Crippen LogP contribution is 2.22. The topological polar surface area (TPSA) is 61.7 Å². The Kier molecular flexibility index (Phi) is 4.46. The van der Waals surface area contributed by atoms with E-state index in [1.807, 2.05) is 5.48 Å². The third kappa shape index (κ3) is 2.31. The zero-order valence-electron chi connectivity index (χ0n) is 5.11. The third-order valence-electron chi connectivity index (χ3n) is 1.12. The summed E-state index contributed by atoms with van der Waals surface area (Å²) in [5.74, 6) is 0. The maximum atomic E-state index is 9.99. The molecule has 1 rings (SSSR count). The Labute approximate surface area is 74.3 Å². The summed E-state index contributed by atoms with van der Waals surface area (Å²) in [6.07, 6.45) is 0. The molecule has 0 aliphatic heterocycles. The summed E-state index contributed by atoms with van der Waals surface area (Å²) in [6, 6.07) is 6.41.